The topological polar surface area (TPSA) is 62.8 Å². The predicted molar refractivity (Wildman–Crippen MR) is 117 cm³/mol. The standard InChI is InChI=1S/C23H31N3O3/c1-23(2,3)25-22(27)17-29-21-10-4-18(5-11-21)16-24-19-6-8-20(9-7-19)26-12-14-28-15-13-26/h4-11,24H,12-17H2,1-3H3,(H,25,27). The van der Waals surface area contributed by atoms with Crippen molar-refractivity contribution >= 4 is 17.3 Å². The molecule has 3 rings (SSSR count). The van der Waals surface area contributed by atoms with E-state index < -0.39 is 0 Å². The van der Waals surface area contributed by atoms with Crippen molar-refractivity contribution in [2.24, 2.45) is 0 Å². The third-order valence-corrected chi connectivity index (χ3v) is 4.55. The van der Waals surface area contributed by atoms with Crippen LogP contribution in [-0.4, -0.2) is 44.4 Å². The van der Waals surface area contributed by atoms with E-state index in [9.17, 15) is 4.79 Å². The van der Waals surface area contributed by atoms with Crippen LogP contribution in [0.15, 0.2) is 48.5 Å². The zero-order valence-electron chi connectivity index (χ0n) is 17.5. The SMILES string of the molecule is CC(C)(C)NC(=O)COc1ccc(CNc2ccc(N3CCOCC3)cc2)cc1. The Morgan fingerprint density at radius 2 is 1.69 bits per heavy atom. The number of hydrogen-bond donors (Lipinski definition) is 2. The van der Waals surface area contributed by atoms with E-state index in [1.165, 1.54) is 5.69 Å². The quantitative estimate of drug-likeness (QED) is 0.750. The first-order chi connectivity index (χ1) is 13.9. The molecule has 0 radical (unpaired) electrons. The molecule has 0 bridgehead atoms. The fourth-order valence-corrected chi connectivity index (χ4v) is 3.12. The van der Waals surface area contributed by atoms with E-state index in [-0.39, 0.29) is 18.1 Å². The van der Waals surface area contributed by atoms with E-state index in [1.54, 1.807) is 0 Å². The molecule has 1 fully saturated rings. The highest BCUT2D eigenvalue weighted by molar-refractivity contribution is 5.78. The second kappa shape index (κ2) is 9.65. The normalized spacial score (nSPS) is 14.4. The van der Waals surface area contributed by atoms with Crippen LogP contribution >= 0.6 is 0 Å². The second-order valence-corrected chi connectivity index (χ2v) is 8.23. The number of carbonyl (C=O) groups is 1. The van der Waals surface area contributed by atoms with Crippen LogP contribution in [-0.2, 0) is 16.1 Å². The molecule has 0 aliphatic carbocycles. The summed E-state index contributed by atoms with van der Waals surface area (Å²) in [5.74, 6) is 0.566. The number of nitrogens with zero attached hydrogens (tertiary/aromatic N) is 1. The van der Waals surface area contributed by atoms with Crippen molar-refractivity contribution in [3.63, 3.8) is 0 Å². The third-order valence-electron chi connectivity index (χ3n) is 4.55. The Morgan fingerprint density at radius 3 is 2.31 bits per heavy atom. The molecule has 2 aromatic rings. The highest BCUT2D eigenvalue weighted by atomic mass is 16.5. The first-order valence-corrected chi connectivity index (χ1v) is 10.1. The summed E-state index contributed by atoms with van der Waals surface area (Å²) in [5.41, 5.74) is 3.21. The number of carbonyl (C=O) groups excluding carboxylic acids is 1. The minimum atomic E-state index is -0.254. The van der Waals surface area contributed by atoms with Gasteiger partial charge in [-0.15, -0.1) is 0 Å². The van der Waals surface area contributed by atoms with Crippen molar-refractivity contribution in [3.05, 3.63) is 54.1 Å². The van der Waals surface area contributed by atoms with Gasteiger partial charge in [0.1, 0.15) is 5.75 Å². The van der Waals surface area contributed by atoms with Crippen molar-refractivity contribution in [1.82, 2.24) is 5.32 Å². The van der Waals surface area contributed by atoms with Crippen LogP contribution in [0.1, 0.15) is 26.3 Å². The molecule has 0 saturated carbocycles. The van der Waals surface area contributed by atoms with Gasteiger partial charge in [-0.25, -0.2) is 0 Å². The number of ether oxygens (including phenoxy) is 2. The number of rotatable bonds is 7. The van der Waals surface area contributed by atoms with E-state index in [0.29, 0.717) is 5.75 Å². The van der Waals surface area contributed by atoms with Crippen molar-refractivity contribution < 1.29 is 14.3 Å². The molecule has 0 unspecified atom stereocenters. The molecular formula is C23H31N3O3. The average Bonchev–Trinajstić information content (AvgIpc) is 2.71. The zero-order chi connectivity index (χ0) is 20.7. The van der Waals surface area contributed by atoms with Crippen LogP contribution < -0.4 is 20.3 Å². The number of anilines is 2. The molecule has 6 heteroatoms. The van der Waals surface area contributed by atoms with Crippen LogP contribution in [0.25, 0.3) is 0 Å². The van der Waals surface area contributed by atoms with E-state index in [0.717, 1.165) is 44.1 Å². The highest BCUT2D eigenvalue weighted by Gasteiger charge is 2.14. The second-order valence-electron chi connectivity index (χ2n) is 8.23. The van der Waals surface area contributed by atoms with Gasteiger partial charge in [-0.2, -0.15) is 0 Å². The fraction of sp³-hybridized carbons (Fsp3) is 0.435. The minimum Gasteiger partial charge on any atom is -0.484 e. The Kier molecular flexibility index (Phi) is 6.99. The van der Waals surface area contributed by atoms with Crippen LogP contribution in [0.4, 0.5) is 11.4 Å². The molecule has 6 nitrogen and oxygen atoms in total. The van der Waals surface area contributed by atoms with Crippen LogP contribution in [0.5, 0.6) is 5.75 Å². The van der Waals surface area contributed by atoms with Gasteiger partial charge < -0.3 is 25.0 Å². The maximum Gasteiger partial charge on any atom is 0.258 e. The van der Waals surface area contributed by atoms with Crippen molar-refractivity contribution in [2.45, 2.75) is 32.9 Å². The average molecular weight is 398 g/mol. The molecule has 2 aromatic carbocycles. The van der Waals surface area contributed by atoms with Gasteiger partial charge in [0.2, 0.25) is 0 Å². The maximum absolute atomic E-state index is 11.8. The van der Waals surface area contributed by atoms with E-state index in [4.69, 9.17) is 9.47 Å². The molecular weight excluding hydrogens is 366 g/mol. The minimum absolute atomic E-state index is 0.0182. The lowest BCUT2D eigenvalue weighted by molar-refractivity contribution is -0.124. The first kappa shape index (κ1) is 21.0. The molecule has 29 heavy (non-hydrogen) atoms. The van der Waals surface area contributed by atoms with Gasteiger partial charge in [-0.1, -0.05) is 12.1 Å². The fourth-order valence-electron chi connectivity index (χ4n) is 3.12. The van der Waals surface area contributed by atoms with Crippen LogP contribution in [0.3, 0.4) is 0 Å². The monoisotopic (exact) mass is 397 g/mol. The van der Waals surface area contributed by atoms with Gasteiger partial charge >= 0.3 is 0 Å². The van der Waals surface area contributed by atoms with Crippen molar-refractivity contribution in [3.8, 4) is 5.75 Å². The Morgan fingerprint density at radius 1 is 1.03 bits per heavy atom. The molecule has 2 N–H and O–H groups in total. The van der Waals surface area contributed by atoms with Gasteiger partial charge in [-0.05, 0) is 62.7 Å². The number of morpholine rings is 1. The van der Waals surface area contributed by atoms with Crippen LogP contribution in [0.2, 0.25) is 0 Å². The van der Waals surface area contributed by atoms with Gasteiger partial charge in [0.05, 0.1) is 13.2 Å². The summed E-state index contributed by atoms with van der Waals surface area (Å²) in [6.45, 7) is 10.1. The van der Waals surface area contributed by atoms with Gasteiger partial charge in [0, 0.05) is 36.5 Å². The van der Waals surface area contributed by atoms with Gasteiger partial charge in [-0.3, -0.25) is 4.79 Å². The number of benzene rings is 2. The molecule has 1 amide bonds. The predicted octanol–water partition coefficient (Wildman–Crippen LogP) is 3.43. The van der Waals surface area contributed by atoms with Crippen LogP contribution in [0, 0.1) is 0 Å². The van der Waals surface area contributed by atoms with Crippen molar-refractivity contribution in [1.29, 1.82) is 0 Å². The van der Waals surface area contributed by atoms with Gasteiger partial charge in [0.25, 0.3) is 5.91 Å². The molecule has 0 spiro atoms. The Hall–Kier alpha value is -2.73. The maximum atomic E-state index is 11.8. The molecule has 0 atom stereocenters. The van der Waals surface area contributed by atoms with E-state index in [1.807, 2.05) is 45.0 Å². The molecule has 1 aliphatic heterocycles. The summed E-state index contributed by atoms with van der Waals surface area (Å²) in [6, 6.07) is 16.3. The van der Waals surface area contributed by atoms with E-state index in [2.05, 4.69) is 39.8 Å². The summed E-state index contributed by atoms with van der Waals surface area (Å²) in [4.78, 5) is 14.2. The summed E-state index contributed by atoms with van der Waals surface area (Å²) in [5, 5.41) is 6.32. The Labute approximate surface area is 173 Å². The molecule has 156 valence electrons. The lowest BCUT2D eigenvalue weighted by Crippen LogP contribution is -2.43. The number of hydrogen-bond acceptors (Lipinski definition) is 5. The lowest BCUT2D eigenvalue weighted by Gasteiger charge is -2.28. The molecule has 1 saturated heterocycles. The lowest BCUT2D eigenvalue weighted by atomic mass is 10.1. The van der Waals surface area contributed by atoms with E-state index >= 15 is 0 Å². The largest absolute Gasteiger partial charge is 0.484 e. The number of amides is 1. The smallest absolute Gasteiger partial charge is 0.258 e. The highest BCUT2D eigenvalue weighted by Crippen LogP contribution is 2.20. The van der Waals surface area contributed by atoms with Crippen molar-refractivity contribution in [2.75, 3.05) is 43.1 Å². The zero-order valence-corrected chi connectivity index (χ0v) is 17.5. The summed E-state index contributed by atoms with van der Waals surface area (Å²) in [6.07, 6.45) is 0. The molecule has 1 aliphatic rings. The Balaban J connectivity index is 1.44. The summed E-state index contributed by atoms with van der Waals surface area (Å²) >= 11 is 0. The summed E-state index contributed by atoms with van der Waals surface area (Å²) < 4.78 is 11.0. The first-order valence-electron chi connectivity index (χ1n) is 10.1. The van der Waals surface area contributed by atoms with Gasteiger partial charge in [0.15, 0.2) is 6.61 Å². The third kappa shape index (κ3) is 6.98. The molecule has 0 aromatic heterocycles. The number of nitrogens with one attached hydrogen (secondary N) is 2. The Bertz CT molecular complexity index is 777. The summed E-state index contributed by atoms with van der Waals surface area (Å²) in [7, 11) is 0. The molecule has 1 heterocycles.